The van der Waals surface area contributed by atoms with Gasteiger partial charge in [0.2, 0.25) is 0 Å². The van der Waals surface area contributed by atoms with Crippen LogP contribution in [0.3, 0.4) is 0 Å². The summed E-state index contributed by atoms with van der Waals surface area (Å²) in [6, 6.07) is 89.6. The van der Waals surface area contributed by atoms with E-state index in [0.29, 0.717) is 17.2 Å². The first-order chi connectivity index (χ1) is 39.9. The average molecular weight is 1250 g/mol. The molecule has 0 saturated heterocycles. The molecule has 0 spiro atoms. The molecule has 0 N–H and O–H groups in total. The van der Waals surface area contributed by atoms with Gasteiger partial charge >= 0.3 is 0 Å². The van der Waals surface area contributed by atoms with Crippen LogP contribution >= 0.6 is 0 Å². The Balaban J connectivity index is 0.00000645. The Hall–Kier alpha value is -9.27. The van der Waals surface area contributed by atoms with Crippen LogP contribution in [0.25, 0.3) is 65.8 Å². The monoisotopic (exact) mass is 1250 g/mol. The number of anilines is 4. The van der Waals surface area contributed by atoms with Crippen molar-refractivity contribution in [2.45, 2.75) is 57.8 Å². The Morgan fingerprint density at radius 1 is 0.506 bits per heavy atom. The van der Waals surface area contributed by atoms with E-state index in [2.05, 4.69) is 298 Å². The SMILES string of the molecule is [C-]#[N+]c1ccc2c(c1)-c1ccccc1C2(c1ccccc1)c1cc(Oc2[c-]c3c(cc2)c2ccccc2n3-c2cc(C(C)(C)C)ccn2)[c-]c(N2[CH-]N(c3c(-c4ccccc4)cc(C(C)(C)C)cc3-c3ccccc3)c3ccccc32)c1.[Pt]. The predicted octanol–water partition coefficient (Wildman–Crippen LogP) is 19.8. The van der Waals surface area contributed by atoms with Crippen LogP contribution in [0.15, 0.2) is 237 Å². The number of nitrogens with zero attached hydrogens (tertiary/aromatic N) is 5. The minimum absolute atomic E-state index is 0. The zero-order chi connectivity index (χ0) is 55.9. The van der Waals surface area contributed by atoms with Crippen molar-refractivity contribution >= 4 is 50.2 Å². The van der Waals surface area contributed by atoms with E-state index in [1.54, 1.807) is 0 Å². The van der Waals surface area contributed by atoms with Crippen molar-refractivity contribution in [3.8, 4) is 50.7 Å². The summed E-state index contributed by atoms with van der Waals surface area (Å²) < 4.78 is 9.51. The van der Waals surface area contributed by atoms with Crippen LogP contribution in [0, 0.1) is 25.4 Å². The maximum Gasteiger partial charge on any atom is 0.187 e. The van der Waals surface area contributed by atoms with E-state index in [9.17, 15) is 0 Å². The van der Waals surface area contributed by atoms with Crippen molar-refractivity contribution in [3.05, 3.63) is 300 Å². The third-order valence-electron chi connectivity index (χ3n) is 16.5. The Kier molecular flexibility index (Phi) is 13.2. The van der Waals surface area contributed by atoms with E-state index >= 15 is 0 Å². The molecule has 12 aromatic rings. The van der Waals surface area contributed by atoms with Gasteiger partial charge < -0.3 is 19.1 Å². The summed E-state index contributed by atoms with van der Waals surface area (Å²) in [5.74, 6) is 1.88. The zero-order valence-electron chi connectivity index (χ0n) is 47.1. The molecule has 1 unspecified atom stereocenters. The van der Waals surface area contributed by atoms with Crippen molar-refractivity contribution in [3.63, 3.8) is 0 Å². The van der Waals surface area contributed by atoms with Crippen LogP contribution in [0.4, 0.5) is 28.4 Å². The van der Waals surface area contributed by atoms with Crippen molar-refractivity contribution in [1.29, 1.82) is 0 Å². The number of para-hydroxylation sites is 3. The van der Waals surface area contributed by atoms with Gasteiger partial charge in [0.05, 0.1) is 6.57 Å². The maximum absolute atomic E-state index is 8.14. The van der Waals surface area contributed by atoms with Gasteiger partial charge in [-0.25, -0.2) is 9.83 Å². The van der Waals surface area contributed by atoms with E-state index in [0.717, 1.165) is 106 Å². The summed E-state index contributed by atoms with van der Waals surface area (Å²) >= 11 is 0. The fourth-order valence-electron chi connectivity index (χ4n) is 12.5. The molecule has 83 heavy (non-hydrogen) atoms. The fourth-order valence-corrected chi connectivity index (χ4v) is 12.5. The largest absolute Gasteiger partial charge is 0.509 e. The number of fused-ring (bicyclic) bond motifs is 7. The molecule has 0 fully saturated rings. The molecular weight excluding hydrogens is 1190 g/mol. The summed E-state index contributed by atoms with van der Waals surface area (Å²) in [4.78, 5) is 13.6. The van der Waals surface area contributed by atoms with Crippen molar-refractivity contribution in [2.24, 2.45) is 0 Å². The third-order valence-corrected chi connectivity index (χ3v) is 16.5. The van der Waals surface area contributed by atoms with Gasteiger partial charge in [-0.05, 0) is 115 Å². The molecule has 0 saturated carbocycles. The van der Waals surface area contributed by atoms with Crippen molar-refractivity contribution < 1.29 is 25.8 Å². The standard InChI is InChI=1S/C76H58N5O.Pt/c1-74(2,3)53-39-40-78-72(45-53)81-68-32-20-18-30-61(68)62-37-36-58(48-71(62)81)82-59-42-55(76(52-27-15-10-16-28-52)66-31-19-17-29-60(66)65-46-56(77-7)35-38-67(65)76)41-57(47-59)79-49-80(70-34-22-21-33-69(70)79)73-63(50-23-11-8-12-24-50)43-54(75(4,5)6)44-64(73)51-25-13-9-14-26-51;/h8-46,49H,1-6H3;/q-3;. The molecule has 3 heterocycles. The number of ether oxygens (including phenoxy) is 1. The summed E-state index contributed by atoms with van der Waals surface area (Å²) in [6.07, 6.45) is 1.91. The van der Waals surface area contributed by atoms with Crippen molar-refractivity contribution in [2.75, 3.05) is 9.80 Å². The molecule has 1 aliphatic heterocycles. The van der Waals surface area contributed by atoms with Gasteiger partial charge in [-0.3, -0.25) is 0 Å². The van der Waals surface area contributed by atoms with Gasteiger partial charge in [0, 0.05) is 77.9 Å². The molecule has 1 atom stereocenters. The normalized spacial score (nSPS) is 14.5. The Bertz CT molecular complexity index is 4450. The number of aromatic nitrogens is 2. The van der Waals surface area contributed by atoms with Gasteiger partial charge in [-0.1, -0.05) is 205 Å². The second-order valence-electron chi connectivity index (χ2n) is 23.6. The van der Waals surface area contributed by atoms with E-state index in [1.807, 2.05) is 18.3 Å². The van der Waals surface area contributed by atoms with Gasteiger partial charge in [0.1, 0.15) is 5.82 Å². The molecule has 0 bridgehead atoms. The molecule has 406 valence electrons. The number of hydrogen-bond donors (Lipinski definition) is 0. The van der Waals surface area contributed by atoms with Crippen LogP contribution in [-0.4, -0.2) is 9.55 Å². The van der Waals surface area contributed by atoms with Crippen LogP contribution in [0.2, 0.25) is 0 Å². The topological polar surface area (TPSA) is 37.9 Å². The summed E-state index contributed by atoms with van der Waals surface area (Å²) in [7, 11) is 0. The molecule has 10 aromatic carbocycles. The molecule has 14 rings (SSSR count). The first-order valence-electron chi connectivity index (χ1n) is 28.0. The van der Waals surface area contributed by atoms with Crippen LogP contribution in [-0.2, 0) is 37.3 Å². The third kappa shape index (κ3) is 8.94. The second kappa shape index (κ2) is 20.6. The van der Waals surface area contributed by atoms with E-state index < -0.39 is 5.41 Å². The van der Waals surface area contributed by atoms with Crippen LogP contribution in [0.1, 0.15) is 74.9 Å². The predicted molar refractivity (Wildman–Crippen MR) is 336 cm³/mol. The first-order valence-corrected chi connectivity index (χ1v) is 28.0. The second-order valence-corrected chi connectivity index (χ2v) is 23.6. The minimum atomic E-state index is -0.845. The number of rotatable bonds is 9. The van der Waals surface area contributed by atoms with E-state index in [1.165, 1.54) is 11.1 Å². The van der Waals surface area contributed by atoms with Crippen LogP contribution < -0.4 is 14.5 Å². The molecule has 1 aliphatic carbocycles. The minimum Gasteiger partial charge on any atom is -0.509 e. The molecule has 7 heteroatoms. The summed E-state index contributed by atoms with van der Waals surface area (Å²) in [6.45, 7) is 23.9. The van der Waals surface area contributed by atoms with Gasteiger partial charge in [0.25, 0.3) is 0 Å². The fraction of sp³-hybridized carbons (Fsp3) is 0.118. The number of benzene rings is 10. The maximum atomic E-state index is 8.14. The van der Waals surface area contributed by atoms with Crippen molar-refractivity contribution in [1.82, 2.24) is 9.55 Å². The Morgan fingerprint density at radius 2 is 1.12 bits per heavy atom. The van der Waals surface area contributed by atoms with Gasteiger partial charge in [-0.2, -0.15) is 6.07 Å². The number of pyridine rings is 1. The molecule has 0 amide bonds. The van der Waals surface area contributed by atoms with E-state index in [-0.39, 0.29) is 31.9 Å². The average Bonchev–Trinajstić information content (AvgIpc) is 2.20. The molecular formula is C76H58N5OPt-3. The molecule has 2 aromatic heterocycles. The molecule has 0 radical (unpaired) electrons. The molecule has 6 nitrogen and oxygen atoms in total. The Labute approximate surface area is 501 Å². The zero-order valence-corrected chi connectivity index (χ0v) is 49.3. The first kappa shape index (κ1) is 53.1. The quantitative estimate of drug-likeness (QED) is 0.135. The van der Waals surface area contributed by atoms with Gasteiger partial charge in [-0.15, -0.1) is 53.6 Å². The smallest absolute Gasteiger partial charge is 0.187 e. The summed E-state index contributed by atoms with van der Waals surface area (Å²) in [5, 5.41) is 2.16. The summed E-state index contributed by atoms with van der Waals surface area (Å²) in [5.41, 5.74) is 18.7. The van der Waals surface area contributed by atoms with E-state index in [4.69, 9.17) is 16.3 Å². The number of hydrogen-bond acceptors (Lipinski definition) is 4. The Morgan fingerprint density at radius 3 is 1.81 bits per heavy atom. The van der Waals surface area contributed by atoms with Gasteiger partial charge in [0.15, 0.2) is 5.69 Å². The molecule has 2 aliphatic rings. The van der Waals surface area contributed by atoms with Crippen LogP contribution in [0.5, 0.6) is 11.5 Å².